The Hall–Kier alpha value is -1.42. The monoisotopic (exact) mass is 290 g/mol. The van der Waals surface area contributed by atoms with E-state index in [0.717, 1.165) is 44.3 Å². The Bertz CT molecular complexity index is 508. The van der Waals surface area contributed by atoms with Crippen molar-refractivity contribution in [3.63, 3.8) is 0 Å². The summed E-state index contributed by atoms with van der Waals surface area (Å²) in [7, 11) is 0. The Morgan fingerprint density at radius 2 is 2.05 bits per heavy atom. The molecule has 1 spiro atoms. The zero-order valence-electron chi connectivity index (χ0n) is 12.5. The summed E-state index contributed by atoms with van der Waals surface area (Å²) < 4.78 is 12.9. The van der Waals surface area contributed by atoms with Gasteiger partial charge in [-0.15, -0.1) is 0 Å². The molecule has 114 valence electrons. The van der Waals surface area contributed by atoms with Gasteiger partial charge in [-0.05, 0) is 68.8 Å². The molecule has 2 N–H and O–H groups in total. The molecule has 2 fully saturated rings. The molecule has 21 heavy (non-hydrogen) atoms. The van der Waals surface area contributed by atoms with Crippen LogP contribution in [0, 0.1) is 17.2 Å². The lowest BCUT2D eigenvalue weighted by atomic mass is 9.91. The molecular weight excluding hydrogens is 267 g/mol. The van der Waals surface area contributed by atoms with Gasteiger partial charge in [0.2, 0.25) is 5.91 Å². The number of rotatable bonds is 4. The van der Waals surface area contributed by atoms with Gasteiger partial charge in [-0.25, -0.2) is 4.39 Å². The zero-order chi connectivity index (χ0) is 14.9. The van der Waals surface area contributed by atoms with Crippen LogP contribution in [-0.2, 0) is 11.2 Å². The van der Waals surface area contributed by atoms with E-state index in [-0.39, 0.29) is 29.1 Å². The Morgan fingerprint density at radius 3 is 2.71 bits per heavy atom. The van der Waals surface area contributed by atoms with Crippen LogP contribution < -0.4 is 10.6 Å². The first-order valence-corrected chi connectivity index (χ1v) is 7.85. The predicted molar refractivity (Wildman–Crippen MR) is 80.4 cm³/mol. The van der Waals surface area contributed by atoms with Gasteiger partial charge in [-0.3, -0.25) is 4.79 Å². The molecule has 1 aliphatic carbocycles. The molecule has 3 nitrogen and oxygen atoms in total. The predicted octanol–water partition coefficient (Wildman–Crippen LogP) is 2.26. The van der Waals surface area contributed by atoms with Crippen LogP contribution >= 0.6 is 0 Å². The normalized spacial score (nSPS) is 24.6. The molecule has 1 aliphatic heterocycles. The van der Waals surface area contributed by atoms with E-state index >= 15 is 0 Å². The number of nitrogens with one attached hydrogen (secondary N) is 2. The van der Waals surface area contributed by atoms with E-state index in [2.05, 4.69) is 10.6 Å². The van der Waals surface area contributed by atoms with Crippen LogP contribution in [-0.4, -0.2) is 25.0 Å². The van der Waals surface area contributed by atoms with Crippen molar-refractivity contribution in [2.45, 2.75) is 38.6 Å². The summed E-state index contributed by atoms with van der Waals surface area (Å²) in [6.45, 7) is 4.09. The maximum absolute atomic E-state index is 12.9. The van der Waals surface area contributed by atoms with Crippen molar-refractivity contribution in [3.05, 3.63) is 35.6 Å². The average molecular weight is 290 g/mol. The molecule has 1 saturated heterocycles. The molecule has 0 aromatic heterocycles. The van der Waals surface area contributed by atoms with E-state index in [0.29, 0.717) is 0 Å². The minimum absolute atomic E-state index is 0.0855. The molecule has 2 unspecified atom stereocenters. The highest BCUT2D eigenvalue weighted by Gasteiger charge is 2.57. The molecule has 1 aromatic rings. The smallest absolute Gasteiger partial charge is 0.223 e. The summed E-state index contributed by atoms with van der Waals surface area (Å²) >= 11 is 0. The lowest BCUT2D eigenvalue weighted by Crippen LogP contribution is -2.38. The SMILES string of the molecule is CC(Cc1ccc(F)cc1)NC(=O)C1CC12CCNCC2. The van der Waals surface area contributed by atoms with Crippen molar-refractivity contribution >= 4 is 5.91 Å². The minimum atomic E-state index is -0.221. The molecule has 2 atom stereocenters. The van der Waals surface area contributed by atoms with Crippen molar-refractivity contribution < 1.29 is 9.18 Å². The highest BCUT2D eigenvalue weighted by atomic mass is 19.1. The van der Waals surface area contributed by atoms with Crippen LogP contribution in [0.3, 0.4) is 0 Å². The standard InChI is InChI=1S/C17H23FN2O/c1-12(10-13-2-4-14(18)5-3-13)20-16(21)15-11-17(15)6-8-19-9-7-17/h2-5,12,15,19H,6-11H2,1H3,(H,20,21). The molecule has 4 heteroatoms. The largest absolute Gasteiger partial charge is 0.353 e. The van der Waals surface area contributed by atoms with Gasteiger partial charge >= 0.3 is 0 Å². The van der Waals surface area contributed by atoms with E-state index in [1.165, 1.54) is 12.1 Å². The molecule has 0 bridgehead atoms. The lowest BCUT2D eigenvalue weighted by molar-refractivity contribution is -0.123. The number of hydrogen-bond donors (Lipinski definition) is 2. The summed E-state index contributed by atoms with van der Waals surface area (Å²) in [5, 5.41) is 6.48. The first-order chi connectivity index (χ1) is 10.1. The van der Waals surface area contributed by atoms with E-state index < -0.39 is 0 Å². The average Bonchev–Trinajstić information content (AvgIpc) is 3.16. The van der Waals surface area contributed by atoms with E-state index in [9.17, 15) is 9.18 Å². The van der Waals surface area contributed by atoms with Crippen LogP contribution in [0.25, 0.3) is 0 Å². The summed E-state index contributed by atoms with van der Waals surface area (Å²) in [6, 6.07) is 6.58. The molecule has 0 radical (unpaired) electrons. The van der Waals surface area contributed by atoms with Gasteiger partial charge in [-0.2, -0.15) is 0 Å². The molecule has 1 aromatic carbocycles. The van der Waals surface area contributed by atoms with Crippen molar-refractivity contribution in [2.24, 2.45) is 11.3 Å². The Balaban J connectivity index is 1.50. The molecule has 3 rings (SSSR count). The van der Waals surface area contributed by atoms with Gasteiger partial charge in [0.15, 0.2) is 0 Å². The number of hydrogen-bond acceptors (Lipinski definition) is 2. The number of halogens is 1. The first kappa shape index (κ1) is 14.5. The highest BCUT2D eigenvalue weighted by Crippen LogP contribution is 2.58. The topological polar surface area (TPSA) is 41.1 Å². The van der Waals surface area contributed by atoms with Gasteiger partial charge < -0.3 is 10.6 Å². The third kappa shape index (κ3) is 3.26. The van der Waals surface area contributed by atoms with Crippen molar-refractivity contribution in [3.8, 4) is 0 Å². The summed E-state index contributed by atoms with van der Waals surface area (Å²) in [6.07, 6.45) is 4.03. The number of carbonyl (C=O) groups is 1. The number of carbonyl (C=O) groups excluding carboxylic acids is 1. The third-order valence-electron chi connectivity index (χ3n) is 4.95. The van der Waals surface area contributed by atoms with Crippen molar-refractivity contribution in [1.29, 1.82) is 0 Å². The fourth-order valence-electron chi connectivity index (χ4n) is 3.56. The summed E-state index contributed by atoms with van der Waals surface area (Å²) in [4.78, 5) is 12.3. The first-order valence-electron chi connectivity index (χ1n) is 7.85. The Morgan fingerprint density at radius 1 is 1.38 bits per heavy atom. The Labute approximate surface area is 125 Å². The van der Waals surface area contributed by atoms with Gasteiger partial charge in [0, 0.05) is 12.0 Å². The zero-order valence-corrected chi connectivity index (χ0v) is 12.5. The Kier molecular flexibility index (Phi) is 3.98. The second kappa shape index (κ2) is 5.76. The quantitative estimate of drug-likeness (QED) is 0.893. The lowest BCUT2D eigenvalue weighted by Gasteiger charge is -2.23. The fourth-order valence-corrected chi connectivity index (χ4v) is 3.56. The van der Waals surface area contributed by atoms with Crippen molar-refractivity contribution in [1.82, 2.24) is 10.6 Å². The summed E-state index contributed by atoms with van der Waals surface area (Å²) in [5.41, 5.74) is 1.34. The van der Waals surface area contributed by atoms with Crippen LogP contribution in [0.5, 0.6) is 0 Å². The maximum Gasteiger partial charge on any atom is 0.223 e. The van der Waals surface area contributed by atoms with E-state index in [1.54, 1.807) is 12.1 Å². The van der Waals surface area contributed by atoms with Gasteiger partial charge in [-0.1, -0.05) is 12.1 Å². The number of amides is 1. The highest BCUT2D eigenvalue weighted by molar-refractivity contribution is 5.82. The molecule has 2 aliphatic rings. The third-order valence-corrected chi connectivity index (χ3v) is 4.95. The summed E-state index contributed by atoms with van der Waals surface area (Å²) in [5.74, 6) is 0.183. The van der Waals surface area contributed by atoms with Crippen LogP contribution in [0.2, 0.25) is 0 Å². The molecule has 1 amide bonds. The second-order valence-corrected chi connectivity index (χ2v) is 6.61. The maximum atomic E-state index is 12.9. The van der Waals surface area contributed by atoms with E-state index in [4.69, 9.17) is 0 Å². The van der Waals surface area contributed by atoms with Gasteiger partial charge in [0.25, 0.3) is 0 Å². The molecule has 1 heterocycles. The number of piperidine rings is 1. The fraction of sp³-hybridized carbons (Fsp3) is 0.588. The number of benzene rings is 1. The van der Waals surface area contributed by atoms with Crippen LogP contribution in [0.4, 0.5) is 4.39 Å². The van der Waals surface area contributed by atoms with Gasteiger partial charge in [0.05, 0.1) is 0 Å². The molecular formula is C17H23FN2O. The minimum Gasteiger partial charge on any atom is -0.353 e. The van der Waals surface area contributed by atoms with Crippen LogP contribution in [0.15, 0.2) is 24.3 Å². The van der Waals surface area contributed by atoms with Crippen molar-refractivity contribution in [2.75, 3.05) is 13.1 Å². The molecule has 1 saturated carbocycles. The van der Waals surface area contributed by atoms with Gasteiger partial charge in [0.1, 0.15) is 5.82 Å². The van der Waals surface area contributed by atoms with Crippen LogP contribution in [0.1, 0.15) is 31.7 Å². The van der Waals surface area contributed by atoms with E-state index in [1.807, 2.05) is 6.92 Å². The second-order valence-electron chi connectivity index (χ2n) is 6.61.